The van der Waals surface area contributed by atoms with Crippen LogP contribution in [0.1, 0.15) is 35.7 Å². The normalized spacial score (nSPS) is 14.3. The maximum atomic E-state index is 13.6. The van der Waals surface area contributed by atoms with E-state index in [1.54, 1.807) is 47.4 Å². The fraction of sp³-hybridized carbons (Fsp3) is 0.348. The van der Waals surface area contributed by atoms with Crippen molar-refractivity contribution < 1.29 is 23.5 Å². The Morgan fingerprint density at radius 1 is 1.10 bits per heavy atom. The second-order valence-corrected chi connectivity index (χ2v) is 7.43. The maximum absolute atomic E-state index is 13.6. The number of hydrogen-bond donors (Lipinski definition) is 1. The van der Waals surface area contributed by atoms with E-state index >= 15 is 0 Å². The van der Waals surface area contributed by atoms with E-state index in [0.717, 1.165) is 12.8 Å². The predicted octanol–water partition coefficient (Wildman–Crippen LogP) is 2.96. The zero-order valence-corrected chi connectivity index (χ0v) is 16.9. The number of likely N-dealkylation sites (tertiary alicyclic amines) is 1. The number of halogens is 1. The lowest BCUT2D eigenvalue weighted by molar-refractivity contribution is -0.131. The standard InChI is InChI=1S/C23H25FN2O4/c1-16(27)30-20-7-4-6-19(13-20)23(29)26-11-9-17(10-12-26)15-25-22(28)14-18-5-2-3-8-21(18)24/h2-8,13,17H,9-12,14-15H2,1H3,(H,25,28). The van der Waals surface area contributed by atoms with Gasteiger partial charge in [-0.1, -0.05) is 24.3 Å². The average Bonchev–Trinajstić information content (AvgIpc) is 2.73. The van der Waals surface area contributed by atoms with Gasteiger partial charge in [0.05, 0.1) is 6.42 Å². The van der Waals surface area contributed by atoms with E-state index in [9.17, 15) is 18.8 Å². The lowest BCUT2D eigenvalue weighted by Gasteiger charge is -2.32. The van der Waals surface area contributed by atoms with E-state index < -0.39 is 5.97 Å². The molecule has 3 rings (SSSR count). The van der Waals surface area contributed by atoms with Crippen molar-refractivity contribution in [2.75, 3.05) is 19.6 Å². The summed E-state index contributed by atoms with van der Waals surface area (Å²) in [5.41, 5.74) is 0.858. The van der Waals surface area contributed by atoms with Crippen molar-refractivity contribution in [2.45, 2.75) is 26.2 Å². The van der Waals surface area contributed by atoms with Gasteiger partial charge in [-0.05, 0) is 48.6 Å². The number of rotatable bonds is 6. The smallest absolute Gasteiger partial charge is 0.308 e. The molecular formula is C23H25FN2O4. The molecule has 1 saturated heterocycles. The monoisotopic (exact) mass is 412 g/mol. The van der Waals surface area contributed by atoms with Crippen molar-refractivity contribution >= 4 is 17.8 Å². The van der Waals surface area contributed by atoms with Crippen LogP contribution < -0.4 is 10.1 Å². The number of nitrogens with zero attached hydrogens (tertiary/aromatic N) is 1. The van der Waals surface area contributed by atoms with E-state index in [2.05, 4.69) is 5.32 Å². The number of hydrogen-bond acceptors (Lipinski definition) is 4. The third kappa shape index (κ3) is 5.89. The summed E-state index contributed by atoms with van der Waals surface area (Å²) < 4.78 is 18.7. The van der Waals surface area contributed by atoms with Gasteiger partial charge in [-0.3, -0.25) is 14.4 Å². The molecule has 0 unspecified atom stereocenters. The number of nitrogens with one attached hydrogen (secondary N) is 1. The Hall–Kier alpha value is -3.22. The molecule has 7 heteroatoms. The van der Waals surface area contributed by atoms with E-state index in [1.165, 1.54) is 13.0 Å². The molecule has 0 radical (unpaired) electrons. The average molecular weight is 412 g/mol. The highest BCUT2D eigenvalue weighted by molar-refractivity contribution is 5.94. The minimum atomic E-state index is -0.433. The quantitative estimate of drug-likeness (QED) is 0.585. The summed E-state index contributed by atoms with van der Waals surface area (Å²) in [5.74, 6) is -0.506. The third-order valence-electron chi connectivity index (χ3n) is 5.14. The van der Waals surface area contributed by atoms with Crippen LogP contribution in [0.4, 0.5) is 4.39 Å². The first-order valence-electron chi connectivity index (χ1n) is 10.00. The predicted molar refractivity (Wildman–Crippen MR) is 109 cm³/mol. The van der Waals surface area contributed by atoms with Crippen LogP contribution in [0.5, 0.6) is 5.75 Å². The van der Waals surface area contributed by atoms with Gasteiger partial charge < -0.3 is 15.0 Å². The Labute approximate surface area is 175 Å². The number of carbonyl (C=O) groups excluding carboxylic acids is 3. The van der Waals surface area contributed by atoms with Gasteiger partial charge in [0.25, 0.3) is 5.91 Å². The zero-order chi connectivity index (χ0) is 21.5. The molecule has 1 heterocycles. The fourth-order valence-corrected chi connectivity index (χ4v) is 3.52. The summed E-state index contributed by atoms with van der Waals surface area (Å²) >= 11 is 0. The lowest BCUT2D eigenvalue weighted by atomic mass is 9.96. The summed E-state index contributed by atoms with van der Waals surface area (Å²) in [6.45, 7) is 3.00. The van der Waals surface area contributed by atoms with Gasteiger partial charge in [-0.15, -0.1) is 0 Å². The van der Waals surface area contributed by atoms with Crippen molar-refractivity contribution in [1.82, 2.24) is 10.2 Å². The number of benzene rings is 2. The van der Waals surface area contributed by atoms with Crippen LogP contribution in [0.2, 0.25) is 0 Å². The molecule has 1 fully saturated rings. The van der Waals surface area contributed by atoms with Gasteiger partial charge >= 0.3 is 5.97 Å². The Bertz CT molecular complexity index is 923. The lowest BCUT2D eigenvalue weighted by Crippen LogP contribution is -2.41. The molecular weight excluding hydrogens is 387 g/mol. The highest BCUT2D eigenvalue weighted by atomic mass is 19.1. The van der Waals surface area contributed by atoms with Gasteiger partial charge in [0.1, 0.15) is 11.6 Å². The maximum Gasteiger partial charge on any atom is 0.308 e. The highest BCUT2D eigenvalue weighted by Crippen LogP contribution is 2.21. The number of piperidine rings is 1. The molecule has 2 amide bonds. The number of amides is 2. The SMILES string of the molecule is CC(=O)Oc1cccc(C(=O)N2CCC(CNC(=O)Cc3ccccc3F)CC2)c1. The fourth-order valence-electron chi connectivity index (χ4n) is 3.52. The van der Waals surface area contributed by atoms with Gasteiger partial charge in [-0.25, -0.2) is 4.39 Å². The first kappa shape index (κ1) is 21.5. The van der Waals surface area contributed by atoms with Crippen LogP contribution in [-0.2, 0) is 16.0 Å². The molecule has 158 valence electrons. The van der Waals surface area contributed by atoms with Crippen molar-refractivity contribution in [3.05, 3.63) is 65.5 Å². The van der Waals surface area contributed by atoms with Gasteiger partial charge in [-0.2, -0.15) is 0 Å². The molecule has 0 bridgehead atoms. The molecule has 1 aliphatic rings. The first-order chi connectivity index (χ1) is 14.4. The molecule has 0 atom stereocenters. The molecule has 0 aromatic heterocycles. The Morgan fingerprint density at radius 3 is 2.53 bits per heavy atom. The summed E-state index contributed by atoms with van der Waals surface area (Å²) in [5, 5.41) is 2.87. The van der Waals surface area contributed by atoms with Gasteiger partial charge in [0, 0.05) is 32.1 Å². The second-order valence-electron chi connectivity index (χ2n) is 7.43. The van der Waals surface area contributed by atoms with Crippen LogP contribution in [-0.4, -0.2) is 42.3 Å². The topological polar surface area (TPSA) is 75.7 Å². The second kappa shape index (κ2) is 10.0. The Morgan fingerprint density at radius 2 is 1.83 bits per heavy atom. The number of carbonyl (C=O) groups is 3. The molecule has 6 nitrogen and oxygen atoms in total. The van der Waals surface area contributed by atoms with E-state index in [-0.39, 0.29) is 30.0 Å². The Kier molecular flexibility index (Phi) is 7.17. The van der Waals surface area contributed by atoms with Crippen LogP contribution in [0.3, 0.4) is 0 Å². The molecule has 30 heavy (non-hydrogen) atoms. The third-order valence-corrected chi connectivity index (χ3v) is 5.14. The van der Waals surface area contributed by atoms with Crippen molar-refractivity contribution in [1.29, 1.82) is 0 Å². The number of esters is 1. The molecule has 0 saturated carbocycles. The van der Waals surface area contributed by atoms with Crippen molar-refractivity contribution in [2.24, 2.45) is 5.92 Å². The van der Waals surface area contributed by atoms with Crippen LogP contribution in [0, 0.1) is 11.7 Å². The summed E-state index contributed by atoms with van der Waals surface area (Å²) in [4.78, 5) is 37.7. The molecule has 2 aromatic rings. The first-order valence-corrected chi connectivity index (χ1v) is 10.00. The van der Waals surface area contributed by atoms with E-state index in [4.69, 9.17) is 4.74 Å². The molecule has 1 N–H and O–H groups in total. The summed E-state index contributed by atoms with van der Waals surface area (Å²) in [6, 6.07) is 12.8. The Balaban J connectivity index is 1.45. The summed E-state index contributed by atoms with van der Waals surface area (Å²) in [6.07, 6.45) is 1.56. The zero-order valence-electron chi connectivity index (χ0n) is 16.9. The molecule has 2 aromatic carbocycles. The minimum absolute atomic E-state index is 0.0165. The highest BCUT2D eigenvalue weighted by Gasteiger charge is 2.24. The van der Waals surface area contributed by atoms with E-state index in [1.807, 2.05) is 0 Å². The van der Waals surface area contributed by atoms with Crippen LogP contribution in [0.25, 0.3) is 0 Å². The largest absolute Gasteiger partial charge is 0.427 e. The van der Waals surface area contributed by atoms with Gasteiger partial charge in [0.15, 0.2) is 0 Å². The van der Waals surface area contributed by atoms with Crippen molar-refractivity contribution in [3.8, 4) is 5.75 Å². The van der Waals surface area contributed by atoms with E-state index in [0.29, 0.717) is 36.5 Å². The number of ether oxygens (including phenoxy) is 1. The van der Waals surface area contributed by atoms with Gasteiger partial charge in [0.2, 0.25) is 5.91 Å². The molecule has 0 spiro atoms. The molecule has 1 aliphatic heterocycles. The minimum Gasteiger partial charge on any atom is -0.427 e. The summed E-state index contributed by atoms with van der Waals surface area (Å²) in [7, 11) is 0. The van der Waals surface area contributed by atoms with Crippen LogP contribution >= 0.6 is 0 Å². The molecule has 0 aliphatic carbocycles. The van der Waals surface area contributed by atoms with Crippen molar-refractivity contribution in [3.63, 3.8) is 0 Å². The van der Waals surface area contributed by atoms with Crippen LogP contribution in [0.15, 0.2) is 48.5 Å².